The zero-order chi connectivity index (χ0) is 12.6. The quantitative estimate of drug-likeness (QED) is 0.877. The lowest BCUT2D eigenvalue weighted by Crippen LogP contribution is -2.34. The number of methoxy groups -OCH3 is 1. The van der Waals surface area contributed by atoms with Crippen molar-refractivity contribution in [3.05, 3.63) is 28.0 Å². The Morgan fingerprint density at radius 3 is 2.76 bits per heavy atom. The zero-order valence-electron chi connectivity index (χ0n) is 10.4. The van der Waals surface area contributed by atoms with Gasteiger partial charge in [0.15, 0.2) is 0 Å². The maximum Gasteiger partial charge on any atom is 0.142 e. The van der Waals surface area contributed by atoms with Gasteiger partial charge in [0.2, 0.25) is 0 Å². The minimum absolute atomic E-state index is 0.249. The van der Waals surface area contributed by atoms with Gasteiger partial charge in [-0.2, -0.15) is 0 Å². The van der Waals surface area contributed by atoms with Crippen LogP contribution >= 0.6 is 11.6 Å². The molecule has 0 amide bonds. The van der Waals surface area contributed by atoms with Crippen LogP contribution in [0.5, 0.6) is 5.75 Å². The van der Waals surface area contributed by atoms with E-state index in [0.29, 0.717) is 16.3 Å². The normalized spacial score (nSPS) is 24.1. The Kier molecular flexibility index (Phi) is 3.32. The van der Waals surface area contributed by atoms with Crippen LogP contribution in [0, 0.1) is 12.7 Å². The summed E-state index contributed by atoms with van der Waals surface area (Å²) in [5.74, 6) is 0.309. The van der Waals surface area contributed by atoms with Crippen molar-refractivity contribution in [2.45, 2.75) is 32.2 Å². The molecule has 2 rings (SSSR count). The lowest BCUT2D eigenvalue weighted by Gasteiger charge is -2.29. The second kappa shape index (κ2) is 4.46. The molecule has 0 saturated carbocycles. The van der Waals surface area contributed by atoms with Gasteiger partial charge in [-0.1, -0.05) is 11.6 Å². The third-order valence-corrected chi connectivity index (χ3v) is 3.84. The van der Waals surface area contributed by atoms with Crippen molar-refractivity contribution >= 4 is 11.6 Å². The molecule has 1 unspecified atom stereocenters. The molecular formula is C13H17ClFNO. The summed E-state index contributed by atoms with van der Waals surface area (Å²) in [7, 11) is 1.57. The molecule has 1 atom stereocenters. The van der Waals surface area contributed by atoms with Crippen LogP contribution in [-0.2, 0) is 5.54 Å². The van der Waals surface area contributed by atoms with Crippen LogP contribution in [0.2, 0.25) is 5.02 Å². The van der Waals surface area contributed by atoms with Gasteiger partial charge in [0, 0.05) is 11.1 Å². The maximum absolute atomic E-state index is 13.8. The lowest BCUT2D eigenvalue weighted by atomic mass is 9.86. The molecule has 1 heterocycles. The van der Waals surface area contributed by atoms with Gasteiger partial charge in [0.1, 0.15) is 11.6 Å². The van der Waals surface area contributed by atoms with Gasteiger partial charge in [-0.05, 0) is 44.9 Å². The van der Waals surface area contributed by atoms with Gasteiger partial charge >= 0.3 is 0 Å². The molecule has 1 N–H and O–H groups in total. The van der Waals surface area contributed by atoms with E-state index in [2.05, 4.69) is 12.2 Å². The van der Waals surface area contributed by atoms with Gasteiger partial charge in [0.05, 0.1) is 12.1 Å². The van der Waals surface area contributed by atoms with Gasteiger partial charge in [-0.25, -0.2) is 4.39 Å². The molecule has 1 saturated heterocycles. The molecular weight excluding hydrogens is 241 g/mol. The van der Waals surface area contributed by atoms with E-state index in [1.165, 1.54) is 6.07 Å². The molecule has 1 aliphatic rings. The van der Waals surface area contributed by atoms with E-state index in [0.717, 1.165) is 24.9 Å². The summed E-state index contributed by atoms with van der Waals surface area (Å²) < 4.78 is 19.2. The van der Waals surface area contributed by atoms with Crippen molar-refractivity contribution in [1.29, 1.82) is 0 Å². The number of ether oxygens (including phenoxy) is 1. The van der Waals surface area contributed by atoms with Crippen LogP contribution in [-0.4, -0.2) is 13.7 Å². The number of halogens is 2. The molecule has 0 radical (unpaired) electrons. The topological polar surface area (TPSA) is 21.3 Å². The zero-order valence-corrected chi connectivity index (χ0v) is 11.1. The predicted molar refractivity (Wildman–Crippen MR) is 67.3 cm³/mol. The number of hydrogen-bond donors (Lipinski definition) is 1. The molecule has 1 aliphatic heterocycles. The van der Waals surface area contributed by atoms with E-state index >= 15 is 0 Å². The summed E-state index contributed by atoms with van der Waals surface area (Å²) in [5.41, 5.74) is 1.21. The third kappa shape index (κ3) is 2.02. The largest absolute Gasteiger partial charge is 0.495 e. The highest BCUT2D eigenvalue weighted by atomic mass is 35.5. The highest BCUT2D eigenvalue weighted by molar-refractivity contribution is 6.32. The Morgan fingerprint density at radius 1 is 1.53 bits per heavy atom. The standard InChI is InChI=1S/C13H17ClFNO/c1-8-10(15)7-9(14)12(17-3)11(8)13(2)5-4-6-16-13/h7,16H,4-6H2,1-3H3. The van der Waals surface area contributed by atoms with E-state index in [1.54, 1.807) is 14.0 Å². The van der Waals surface area contributed by atoms with Gasteiger partial charge in [-0.3, -0.25) is 0 Å². The Balaban J connectivity index is 2.65. The fraction of sp³-hybridized carbons (Fsp3) is 0.538. The molecule has 17 heavy (non-hydrogen) atoms. The van der Waals surface area contributed by atoms with Crippen LogP contribution in [0.1, 0.15) is 30.9 Å². The number of nitrogens with one attached hydrogen (secondary N) is 1. The SMILES string of the molecule is COc1c(Cl)cc(F)c(C)c1C1(C)CCCN1. The number of hydrogen-bond acceptors (Lipinski definition) is 2. The first-order valence-corrected chi connectivity index (χ1v) is 6.15. The molecule has 0 bridgehead atoms. The first-order chi connectivity index (χ1) is 7.99. The van der Waals surface area contributed by atoms with Crippen molar-refractivity contribution in [2.75, 3.05) is 13.7 Å². The van der Waals surface area contributed by atoms with Crippen molar-refractivity contribution in [2.24, 2.45) is 0 Å². The van der Waals surface area contributed by atoms with Crippen molar-refractivity contribution in [1.82, 2.24) is 5.32 Å². The van der Waals surface area contributed by atoms with E-state index in [-0.39, 0.29) is 11.4 Å². The monoisotopic (exact) mass is 257 g/mol. The molecule has 1 aromatic carbocycles. The van der Waals surface area contributed by atoms with E-state index in [9.17, 15) is 4.39 Å². The van der Waals surface area contributed by atoms with E-state index < -0.39 is 0 Å². The summed E-state index contributed by atoms with van der Waals surface area (Å²) in [5, 5.41) is 3.75. The molecule has 94 valence electrons. The predicted octanol–water partition coefficient (Wildman–Crippen LogP) is 3.39. The summed E-state index contributed by atoms with van der Waals surface area (Å²) >= 11 is 6.05. The van der Waals surface area contributed by atoms with Crippen LogP contribution < -0.4 is 10.1 Å². The fourth-order valence-electron chi connectivity index (χ4n) is 2.67. The second-order valence-corrected chi connectivity index (χ2v) is 5.14. The molecule has 0 aliphatic carbocycles. The van der Waals surface area contributed by atoms with Crippen molar-refractivity contribution in [3.8, 4) is 5.75 Å². The first-order valence-electron chi connectivity index (χ1n) is 5.77. The van der Waals surface area contributed by atoms with E-state index in [1.807, 2.05) is 0 Å². The molecule has 0 aromatic heterocycles. The van der Waals surface area contributed by atoms with Crippen LogP contribution in [0.4, 0.5) is 4.39 Å². The van der Waals surface area contributed by atoms with Crippen molar-refractivity contribution in [3.63, 3.8) is 0 Å². The third-order valence-electron chi connectivity index (χ3n) is 3.56. The number of rotatable bonds is 2. The highest BCUT2D eigenvalue weighted by Gasteiger charge is 2.35. The van der Waals surface area contributed by atoms with Crippen LogP contribution in [0.25, 0.3) is 0 Å². The van der Waals surface area contributed by atoms with Crippen LogP contribution in [0.3, 0.4) is 0 Å². The summed E-state index contributed by atoms with van der Waals surface area (Å²) in [6.07, 6.45) is 2.04. The Labute approximate surface area is 106 Å². The van der Waals surface area contributed by atoms with Gasteiger partial charge in [0.25, 0.3) is 0 Å². The summed E-state index contributed by atoms with van der Waals surface area (Å²) in [4.78, 5) is 0. The smallest absolute Gasteiger partial charge is 0.142 e. The summed E-state index contributed by atoms with van der Waals surface area (Å²) in [6.45, 7) is 4.78. The molecule has 1 aromatic rings. The first kappa shape index (κ1) is 12.7. The average molecular weight is 258 g/mol. The molecule has 4 heteroatoms. The highest BCUT2D eigenvalue weighted by Crippen LogP contribution is 2.42. The Bertz CT molecular complexity index is 442. The lowest BCUT2D eigenvalue weighted by molar-refractivity contribution is 0.366. The minimum Gasteiger partial charge on any atom is -0.495 e. The minimum atomic E-state index is -0.277. The van der Waals surface area contributed by atoms with Gasteiger partial charge in [-0.15, -0.1) is 0 Å². The average Bonchev–Trinajstić information content (AvgIpc) is 2.71. The fourth-order valence-corrected chi connectivity index (χ4v) is 2.93. The molecule has 2 nitrogen and oxygen atoms in total. The van der Waals surface area contributed by atoms with E-state index in [4.69, 9.17) is 16.3 Å². The van der Waals surface area contributed by atoms with Crippen LogP contribution in [0.15, 0.2) is 6.07 Å². The summed E-state index contributed by atoms with van der Waals surface area (Å²) in [6, 6.07) is 1.32. The molecule has 0 spiro atoms. The Morgan fingerprint density at radius 2 is 2.24 bits per heavy atom. The van der Waals surface area contributed by atoms with Crippen molar-refractivity contribution < 1.29 is 9.13 Å². The number of benzene rings is 1. The molecule has 1 fully saturated rings. The maximum atomic E-state index is 13.8. The second-order valence-electron chi connectivity index (χ2n) is 4.74. The van der Waals surface area contributed by atoms with Gasteiger partial charge < -0.3 is 10.1 Å². The Hall–Kier alpha value is -0.800.